The van der Waals surface area contributed by atoms with Crippen molar-refractivity contribution in [3.8, 4) is 0 Å². The van der Waals surface area contributed by atoms with E-state index < -0.39 is 6.10 Å². The first-order valence-electron chi connectivity index (χ1n) is 48.5. The van der Waals surface area contributed by atoms with Crippen LogP contribution < -0.4 is 32.0 Å². The molecule has 0 spiro atoms. The normalized spacial score (nSPS) is 15.9. The highest BCUT2D eigenvalue weighted by atomic mass is 16.5. The fourth-order valence-corrected chi connectivity index (χ4v) is 21.0. The number of aliphatic hydroxyl groups excluding tert-OH is 1. The Morgan fingerprint density at radius 1 is 0.297 bits per heavy atom. The van der Waals surface area contributed by atoms with Crippen molar-refractivity contribution < 1.29 is 10.3 Å². The van der Waals surface area contributed by atoms with Crippen LogP contribution in [-0.4, -0.2) is 117 Å². The van der Waals surface area contributed by atoms with Crippen molar-refractivity contribution in [1.29, 1.82) is 0 Å². The minimum absolute atomic E-state index is 0.0404. The van der Waals surface area contributed by atoms with Crippen LogP contribution in [-0.2, 0) is 104 Å². The van der Waals surface area contributed by atoms with Crippen LogP contribution in [0.2, 0.25) is 0 Å². The van der Waals surface area contributed by atoms with E-state index in [2.05, 4.69) is 241 Å². The number of pyridine rings is 5. The molecule has 0 saturated carbocycles. The lowest BCUT2D eigenvalue weighted by Gasteiger charge is -2.41. The maximum absolute atomic E-state index is 13.0. The van der Waals surface area contributed by atoms with Gasteiger partial charge in [-0.25, -0.2) is 0 Å². The maximum atomic E-state index is 13.0. The number of hydrogen-bond donors (Lipinski definition) is 6. The number of aryl methyl sites for hydroxylation is 4. The molecule has 1 atom stereocenters. The second-order valence-electron chi connectivity index (χ2n) is 38.0. The van der Waals surface area contributed by atoms with Crippen molar-refractivity contribution in [1.82, 2.24) is 54.1 Å². The molecular weight excluding hydrogens is 1710 g/mol. The van der Waals surface area contributed by atoms with Gasteiger partial charge < -0.3 is 35.1 Å². The van der Waals surface area contributed by atoms with Crippen LogP contribution in [0, 0.1) is 27.7 Å². The molecule has 7 aliphatic rings. The van der Waals surface area contributed by atoms with Gasteiger partial charge in [0.1, 0.15) is 6.10 Å². The fraction of sp³-hybridized carbons (Fsp3) is 0.252. The molecule has 0 fully saturated rings. The van der Waals surface area contributed by atoms with Gasteiger partial charge in [-0.05, 0) is 145 Å². The molecule has 0 radical (unpaired) electrons. The third kappa shape index (κ3) is 21.0. The lowest BCUT2D eigenvalue weighted by atomic mass is 9.89. The van der Waals surface area contributed by atoms with E-state index in [1.54, 1.807) is 12.1 Å². The molecule has 19 heteroatoms. The number of nitrogens with zero attached hydrogens (tertiary/aromatic N) is 8. The summed E-state index contributed by atoms with van der Waals surface area (Å²) in [5, 5.41) is 25.1. The van der Waals surface area contributed by atoms with Gasteiger partial charge in [-0.1, -0.05) is 248 Å². The highest BCUT2D eigenvalue weighted by molar-refractivity contribution is 5.84. The number of aromatic amines is 4. The van der Waals surface area contributed by atoms with Crippen molar-refractivity contribution in [2.45, 2.75) is 144 Å². The molecule has 0 saturated heterocycles. The van der Waals surface area contributed by atoms with Crippen molar-refractivity contribution >= 4 is 60.2 Å². The van der Waals surface area contributed by atoms with Gasteiger partial charge in [0.05, 0.1) is 11.2 Å². The number of rotatable bonds is 12. The number of nitrogens with one attached hydrogen (secondary N) is 4. The zero-order valence-corrected chi connectivity index (χ0v) is 79.4. The second-order valence-corrected chi connectivity index (χ2v) is 38.0. The highest BCUT2D eigenvalue weighted by Crippen LogP contribution is 2.42. The zero-order valence-electron chi connectivity index (χ0n) is 79.4. The third-order valence-corrected chi connectivity index (χ3v) is 28.4. The van der Waals surface area contributed by atoms with Crippen LogP contribution in [0.1, 0.15) is 130 Å². The topological polar surface area (TPSA) is 217 Å². The second kappa shape index (κ2) is 42.2. The summed E-state index contributed by atoms with van der Waals surface area (Å²) in [7, 11) is 2.12. The number of aromatic nitrogens is 5. The summed E-state index contributed by atoms with van der Waals surface area (Å²) in [6.07, 6.45) is 4.81. The Balaban J connectivity index is 0.000000106. The van der Waals surface area contributed by atoms with Crippen LogP contribution in [0.3, 0.4) is 0 Å². The zero-order chi connectivity index (χ0) is 94.9. The predicted octanol–water partition coefficient (Wildman–Crippen LogP) is 19.7. The van der Waals surface area contributed by atoms with E-state index in [0.29, 0.717) is 29.4 Å². The third-order valence-electron chi connectivity index (χ3n) is 28.4. The predicted molar refractivity (Wildman–Crippen MR) is 557 cm³/mol. The lowest BCUT2D eigenvalue weighted by Crippen LogP contribution is -2.39. The number of benzene rings is 12. The Morgan fingerprint density at radius 3 is 1.04 bits per heavy atom. The molecule has 1 unspecified atom stereocenters. The molecule has 6 N–H and O–H groups in total. The average molecular weight is 1830 g/mol. The van der Waals surface area contributed by atoms with E-state index in [1.807, 2.05) is 140 Å². The van der Waals surface area contributed by atoms with E-state index in [0.717, 1.165) is 255 Å². The highest BCUT2D eigenvalue weighted by Gasteiger charge is 2.35. The van der Waals surface area contributed by atoms with Crippen molar-refractivity contribution in [2.24, 2.45) is 0 Å². The Bertz CT molecular complexity index is 7510. The molecule has 0 aliphatic carbocycles. The van der Waals surface area contributed by atoms with Crippen LogP contribution in [0.4, 0.5) is 5.69 Å². The van der Waals surface area contributed by atoms with E-state index in [4.69, 9.17) is 0 Å². The first kappa shape index (κ1) is 92.8. The van der Waals surface area contributed by atoms with Gasteiger partial charge in [-0.3, -0.25) is 53.4 Å². The van der Waals surface area contributed by atoms with Gasteiger partial charge in [0.25, 0.3) is 0 Å². The number of fused-ring (bicyclic) bond motifs is 11. The van der Waals surface area contributed by atoms with Crippen molar-refractivity contribution in [3.05, 3.63) is 483 Å². The molecule has 138 heavy (non-hydrogen) atoms. The summed E-state index contributed by atoms with van der Waals surface area (Å²) < 4.78 is 1.20. The van der Waals surface area contributed by atoms with Crippen LogP contribution in [0.25, 0.3) is 54.5 Å². The molecule has 0 amide bonds. The monoisotopic (exact) mass is 1830 g/mol. The quantitative estimate of drug-likeness (QED) is 0.0628. The largest absolute Gasteiger partial charge is 0.428 e. The van der Waals surface area contributed by atoms with Crippen LogP contribution >= 0.6 is 0 Å². The molecule has 0 bridgehead atoms. The number of H-pyrrole nitrogens is 4. The molecule has 24 rings (SSSR count). The number of aliphatic hydroxyl groups is 1. The molecule has 17 aromatic rings. The van der Waals surface area contributed by atoms with Crippen molar-refractivity contribution in [3.63, 3.8) is 0 Å². The summed E-state index contributed by atoms with van der Waals surface area (Å²) in [4.78, 5) is 94.3. The summed E-state index contributed by atoms with van der Waals surface area (Å²) in [5.41, 5.74) is 32.2. The van der Waals surface area contributed by atoms with E-state index >= 15 is 0 Å². The number of anilines is 1. The fourth-order valence-electron chi connectivity index (χ4n) is 21.0. The van der Waals surface area contributed by atoms with Crippen LogP contribution in [0.15, 0.2) is 339 Å². The molecule has 7 aliphatic heterocycles. The SMILES string of the molecule is CN1C2=C(CN(Cc3ccccc3)CC2)C(O)c2ccccc21.Cc1cc2[nH]c3c(c(=O)c2cc1C)CN(Cc1ccccc1)CC3.Cc1cccc(CN2CCc3[nH]c4ccccc4c(=O)c3C2)c1.Cc1cccc(CN2CCc3[nH]c4ccccc4c(=O)c3C2)c1.O=c1c2c([nH]c3ccccc13)CCN(Cc1ccccc1)C2.O=c1c2c(n(O)c3ccccc13)CCN(Cc1ccccc1)C2. The first-order chi connectivity index (χ1) is 67.3. The summed E-state index contributed by atoms with van der Waals surface area (Å²) in [6.45, 7) is 23.8. The van der Waals surface area contributed by atoms with E-state index in [9.17, 15) is 34.3 Å². The molecule has 5 aromatic heterocycles. The van der Waals surface area contributed by atoms with Gasteiger partial charge in [0.2, 0.25) is 0 Å². The Hall–Kier alpha value is -14.3. The average Bonchev–Trinajstić information content (AvgIpc) is 1.73. The van der Waals surface area contributed by atoms with Crippen molar-refractivity contribution in [2.75, 3.05) is 57.8 Å². The van der Waals surface area contributed by atoms with Gasteiger partial charge in [-0.2, -0.15) is 4.73 Å². The minimum atomic E-state index is -0.476. The van der Waals surface area contributed by atoms with Gasteiger partial charge >= 0.3 is 0 Å². The molecule has 12 heterocycles. The number of para-hydroxylation sites is 5. The number of hydrogen-bond acceptors (Lipinski definition) is 14. The molecule has 698 valence electrons. The Morgan fingerprint density at radius 2 is 0.616 bits per heavy atom. The minimum Gasteiger partial charge on any atom is -0.428 e. The summed E-state index contributed by atoms with van der Waals surface area (Å²) in [5.74, 6) is 0. The summed E-state index contributed by atoms with van der Waals surface area (Å²) in [6, 6.07) is 102. The lowest BCUT2D eigenvalue weighted by molar-refractivity contribution is 0.168. The van der Waals surface area contributed by atoms with E-state index in [-0.39, 0.29) is 27.1 Å². The smallest absolute Gasteiger partial charge is 0.194 e. The van der Waals surface area contributed by atoms with Gasteiger partial charge in [0, 0.05) is 280 Å². The van der Waals surface area contributed by atoms with Crippen LogP contribution in [0.5, 0.6) is 0 Å². The van der Waals surface area contributed by atoms with E-state index in [1.165, 1.54) is 66.1 Å². The first-order valence-corrected chi connectivity index (χ1v) is 48.5. The Kier molecular flexibility index (Phi) is 28.3. The maximum Gasteiger partial charge on any atom is 0.194 e. The summed E-state index contributed by atoms with van der Waals surface area (Å²) >= 11 is 0. The molecular formula is C119H120N12O7. The van der Waals surface area contributed by atoms with Gasteiger partial charge in [-0.15, -0.1) is 0 Å². The molecule has 12 aromatic carbocycles. The Labute approximate surface area is 804 Å². The van der Waals surface area contributed by atoms with Gasteiger partial charge in [0.15, 0.2) is 27.1 Å². The standard InChI is InChI=1S/C21H22N2O.2C20H20N2O.C20H22N2O.C19H18N2O2.C19H18N2O/c1-14-10-17-20(11-15(14)2)22-19-8-9-23(13-18(19)21(17)24)12-16-6-4-3-5-7-16;2*1-14-5-4-6-15(11-14)12-22-10-9-19-17(13-22)20(23)16-7-2-3-8-18(16)21-19;1-21-18-10-6-5-9-16(18)20(23)17-14-22(12-11-19(17)21)13-15-7-3-2-4-8-15;22-19-15-8-4-5-9-17(15)21(23)18-10-11-20(13-16(18)19)12-14-6-2-1-3-7-14;22-19-15-8-4-5-9-17(15)20-18-10-11-21(13-16(18)19)12-14-6-2-1-3-7-14/h3-7,10-11H,8-9,12-13H2,1-2H3,(H,22,24);2*2-8,11H,9-10,12-13H2,1H3,(H,21,23);2-10,20,23H,11-14H2,1H3;1-9,23H,10-13H2;1-9H,10-13H2,(H,20,22). The molecule has 19 nitrogen and oxygen atoms in total.